The number of amides is 1. The molecule has 25 heavy (non-hydrogen) atoms. The Hall–Kier alpha value is -1.64. The van der Waals surface area contributed by atoms with Crippen LogP contribution in [0.3, 0.4) is 0 Å². The Kier molecular flexibility index (Phi) is 6.42. The van der Waals surface area contributed by atoms with Crippen LogP contribution in [0.5, 0.6) is 0 Å². The van der Waals surface area contributed by atoms with Crippen molar-refractivity contribution in [3.8, 4) is 0 Å². The summed E-state index contributed by atoms with van der Waals surface area (Å²) in [6, 6.07) is 9.39. The lowest BCUT2D eigenvalue weighted by atomic mass is 9.83. The molecule has 0 saturated carbocycles. The highest BCUT2D eigenvalue weighted by atomic mass is 32.2. The topological polar surface area (TPSA) is 93.1 Å². The first kappa shape index (κ1) is 19.7. The molecule has 2 atom stereocenters. The quantitative estimate of drug-likeness (QED) is 0.766. The number of ether oxygens (including phenoxy) is 1. The molecule has 1 aromatic carbocycles. The maximum Gasteiger partial charge on any atom is 0.410 e. The summed E-state index contributed by atoms with van der Waals surface area (Å²) in [6.45, 7) is 2.24. The largest absolute Gasteiger partial charge is 0.445 e. The van der Waals surface area contributed by atoms with Crippen molar-refractivity contribution in [1.29, 1.82) is 0 Å². The van der Waals surface area contributed by atoms with E-state index < -0.39 is 21.8 Å². The van der Waals surface area contributed by atoms with E-state index in [2.05, 4.69) is 0 Å². The third-order valence-corrected chi connectivity index (χ3v) is 4.88. The van der Waals surface area contributed by atoms with E-state index in [-0.39, 0.29) is 19.1 Å². The minimum Gasteiger partial charge on any atom is -0.445 e. The van der Waals surface area contributed by atoms with Gasteiger partial charge in [-0.15, -0.1) is 0 Å². The molecule has 1 aliphatic heterocycles. The van der Waals surface area contributed by atoms with Gasteiger partial charge in [-0.2, -0.15) is 8.42 Å². The monoisotopic (exact) mass is 371 g/mol. The summed E-state index contributed by atoms with van der Waals surface area (Å²) < 4.78 is 32.3. The van der Waals surface area contributed by atoms with Gasteiger partial charge >= 0.3 is 6.09 Å². The van der Waals surface area contributed by atoms with E-state index in [1.807, 2.05) is 30.3 Å². The number of benzene rings is 1. The van der Waals surface area contributed by atoms with Crippen LogP contribution in [0.1, 0.15) is 25.3 Å². The van der Waals surface area contributed by atoms with E-state index in [1.54, 1.807) is 4.90 Å². The van der Waals surface area contributed by atoms with Crippen molar-refractivity contribution in [3.63, 3.8) is 0 Å². The Morgan fingerprint density at radius 2 is 2.04 bits per heavy atom. The summed E-state index contributed by atoms with van der Waals surface area (Å²) in [7, 11) is -3.63. The molecule has 1 N–H and O–H groups in total. The van der Waals surface area contributed by atoms with Crippen LogP contribution in [0.15, 0.2) is 30.3 Å². The van der Waals surface area contributed by atoms with Gasteiger partial charge in [0.25, 0.3) is 10.1 Å². The van der Waals surface area contributed by atoms with Crippen LogP contribution in [0.25, 0.3) is 0 Å². The smallest absolute Gasteiger partial charge is 0.410 e. The van der Waals surface area contributed by atoms with E-state index in [1.165, 1.54) is 6.92 Å². The van der Waals surface area contributed by atoms with Crippen molar-refractivity contribution in [2.24, 2.45) is 5.92 Å². The first-order valence-corrected chi connectivity index (χ1v) is 10.0. The van der Waals surface area contributed by atoms with Crippen molar-refractivity contribution in [2.45, 2.75) is 32.0 Å². The summed E-state index contributed by atoms with van der Waals surface area (Å²) in [4.78, 5) is 13.8. The molecule has 1 aromatic rings. The minimum absolute atomic E-state index is 0.189. The number of hydrogen-bond acceptors (Lipinski definition) is 6. The first-order valence-electron chi connectivity index (χ1n) is 8.20. The SMILES string of the molecule is C[C@](O)(COS(C)(=O)=O)[C@H]1CCCN(C(=O)OCc2ccccc2)C1. The van der Waals surface area contributed by atoms with E-state index in [0.717, 1.165) is 11.8 Å². The Labute approximate surface area is 148 Å². The molecular formula is C17H25NO6S. The zero-order valence-corrected chi connectivity index (χ0v) is 15.4. The van der Waals surface area contributed by atoms with Gasteiger partial charge in [0.15, 0.2) is 0 Å². The maximum atomic E-state index is 12.3. The molecule has 1 saturated heterocycles. The highest BCUT2D eigenvalue weighted by molar-refractivity contribution is 7.85. The van der Waals surface area contributed by atoms with Crippen LogP contribution in [0.2, 0.25) is 0 Å². The van der Waals surface area contributed by atoms with Crippen molar-refractivity contribution in [3.05, 3.63) is 35.9 Å². The third kappa shape index (κ3) is 6.30. The maximum absolute atomic E-state index is 12.3. The first-order chi connectivity index (χ1) is 11.7. The second-order valence-corrected chi connectivity index (χ2v) is 8.29. The van der Waals surface area contributed by atoms with Crippen LogP contribution in [-0.4, -0.2) is 56.1 Å². The standard InChI is InChI=1S/C17H25NO6S/c1-17(20,13-24-25(2,21)22)15-9-6-10-18(11-15)16(19)23-12-14-7-4-3-5-8-14/h3-5,7-8,15,20H,6,9-13H2,1-2H3/t15-,17-/m0/s1. The average Bonchev–Trinajstić information content (AvgIpc) is 2.58. The predicted molar refractivity (Wildman–Crippen MR) is 92.3 cm³/mol. The molecule has 0 bridgehead atoms. The van der Waals surface area contributed by atoms with Crippen LogP contribution in [0.4, 0.5) is 4.79 Å². The van der Waals surface area contributed by atoms with E-state index in [0.29, 0.717) is 25.9 Å². The molecule has 0 aliphatic carbocycles. The van der Waals surface area contributed by atoms with Gasteiger partial charge in [0.1, 0.15) is 6.61 Å². The molecule has 1 amide bonds. The normalized spacial score (nSPS) is 20.8. The number of piperidine rings is 1. The fourth-order valence-corrected chi connectivity index (χ4v) is 3.26. The van der Waals surface area contributed by atoms with Crippen molar-refractivity contribution in [1.82, 2.24) is 4.90 Å². The molecule has 140 valence electrons. The summed E-state index contributed by atoms with van der Waals surface area (Å²) in [5.74, 6) is -0.285. The van der Waals surface area contributed by atoms with Crippen LogP contribution >= 0.6 is 0 Å². The zero-order chi connectivity index (χ0) is 18.5. The molecule has 1 fully saturated rings. The molecule has 0 spiro atoms. The van der Waals surface area contributed by atoms with Crippen LogP contribution < -0.4 is 0 Å². The second kappa shape index (κ2) is 8.16. The lowest BCUT2D eigenvalue weighted by Gasteiger charge is -2.39. The van der Waals surface area contributed by atoms with Gasteiger partial charge in [0.05, 0.1) is 18.5 Å². The summed E-state index contributed by atoms with van der Waals surface area (Å²) in [5, 5.41) is 10.5. The van der Waals surface area contributed by atoms with Gasteiger partial charge in [0, 0.05) is 19.0 Å². The molecule has 7 nitrogen and oxygen atoms in total. The molecule has 0 radical (unpaired) electrons. The highest BCUT2D eigenvalue weighted by Gasteiger charge is 2.38. The molecule has 1 aliphatic rings. The molecule has 0 aromatic heterocycles. The van der Waals surface area contributed by atoms with Gasteiger partial charge in [-0.3, -0.25) is 4.18 Å². The molecule has 8 heteroatoms. The number of nitrogens with zero attached hydrogens (tertiary/aromatic N) is 1. The van der Waals surface area contributed by atoms with Gasteiger partial charge < -0.3 is 14.7 Å². The number of rotatable bonds is 6. The second-order valence-electron chi connectivity index (χ2n) is 6.65. The Bertz CT molecular complexity index is 674. The zero-order valence-electron chi connectivity index (χ0n) is 14.6. The van der Waals surface area contributed by atoms with Crippen molar-refractivity contribution in [2.75, 3.05) is 26.0 Å². The lowest BCUT2D eigenvalue weighted by molar-refractivity contribution is -0.0592. The fourth-order valence-electron chi connectivity index (χ4n) is 2.81. The van der Waals surface area contributed by atoms with Crippen molar-refractivity contribution < 1.29 is 27.2 Å². The Morgan fingerprint density at radius 3 is 2.68 bits per heavy atom. The predicted octanol–water partition coefficient (Wildman–Crippen LogP) is 1.76. The summed E-state index contributed by atoms with van der Waals surface area (Å²) >= 11 is 0. The highest BCUT2D eigenvalue weighted by Crippen LogP contribution is 2.28. The average molecular weight is 371 g/mol. The van der Waals surface area contributed by atoms with Crippen LogP contribution in [0, 0.1) is 5.92 Å². The fraction of sp³-hybridized carbons (Fsp3) is 0.588. The van der Waals surface area contributed by atoms with E-state index >= 15 is 0 Å². The molecular weight excluding hydrogens is 346 g/mol. The number of carbonyl (C=O) groups is 1. The van der Waals surface area contributed by atoms with Crippen molar-refractivity contribution >= 4 is 16.2 Å². The third-order valence-electron chi connectivity index (χ3n) is 4.33. The minimum atomic E-state index is -3.63. The van der Waals surface area contributed by atoms with Crippen LogP contribution in [-0.2, 0) is 25.6 Å². The van der Waals surface area contributed by atoms with Gasteiger partial charge in [-0.1, -0.05) is 30.3 Å². The number of aliphatic hydroxyl groups is 1. The van der Waals surface area contributed by atoms with Gasteiger partial charge in [-0.05, 0) is 25.3 Å². The summed E-state index contributed by atoms with van der Waals surface area (Å²) in [5.41, 5.74) is -0.445. The molecule has 0 unspecified atom stereocenters. The Morgan fingerprint density at radius 1 is 1.36 bits per heavy atom. The lowest BCUT2D eigenvalue weighted by Crippen LogP contribution is -2.50. The van der Waals surface area contributed by atoms with E-state index in [9.17, 15) is 18.3 Å². The summed E-state index contributed by atoms with van der Waals surface area (Å²) in [6.07, 6.45) is 1.90. The number of hydrogen-bond donors (Lipinski definition) is 1. The Balaban J connectivity index is 1.89. The number of likely N-dealkylation sites (tertiary alicyclic amines) is 1. The molecule has 1 heterocycles. The van der Waals surface area contributed by atoms with Gasteiger partial charge in [-0.25, -0.2) is 4.79 Å². The number of carbonyl (C=O) groups excluding carboxylic acids is 1. The molecule has 2 rings (SSSR count). The van der Waals surface area contributed by atoms with E-state index in [4.69, 9.17) is 8.92 Å². The van der Waals surface area contributed by atoms with Gasteiger partial charge in [0.2, 0.25) is 0 Å².